The number of hydrogen-bond donors (Lipinski definition) is 2. The molecule has 0 radical (unpaired) electrons. The molecule has 20 heavy (non-hydrogen) atoms. The predicted octanol–water partition coefficient (Wildman–Crippen LogP) is 3.45. The maximum absolute atomic E-state index is 10.2. The molecule has 2 aromatic carbocycles. The molecular weight excluding hydrogens is 248 g/mol. The average molecular weight is 266 g/mol. The Morgan fingerprint density at radius 2 is 1.85 bits per heavy atom. The van der Waals surface area contributed by atoms with Gasteiger partial charge in [0.05, 0.1) is 11.8 Å². The second-order valence-corrected chi connectivity index (χ2v) is 5.32. The first kappa shape index (κ1) is 12.7. The normalized spacial score (nSPS) is 17.7. The van der Waals surface area contributed by atoms with Gasteiger partial charge < -0.3 is 10.5 Å². The van der Waals surface area contributed by atoms with Crippen LogP contribution in [0.2, 0.25) is 0 Å². The number of nitrogens with zero attached hydrogens (tertiary/aromatic N) is 1. The van der Waals surface area contributed by atoms with Gasteiger partial charge in [-0.15, -0.1) is 0 Å². The molecule has 1 heterocycles. The van der Waals surface area contributed by atoms with E-state index in [2.05, 4.69) is 41.7 Å². The minimum atomic E-state index is 0.0474. The second kappa shape index (κ2) is 5.00. The zero-order valence-corrected chi connectivity index (χ0v) is 11.7. The van der Waals surface area contributed by atoms with Crippen LogP contribution in [-0.2, 0) is 0 Å². The van der Waals surface area contributed by atoms with Crippen LogP contribution >= 0.6 is 0 Å². The molecule has 1 aliphatic rings. The lowest BCUT2D eigenvalue weighted by Crippen LogP contribution is -2.10. The van der Waals surface area contributed by atoms with E-state index in [0.717, 1.165) is 28.8 Å². The number of hydrazone groups is 1. The number of phenols is 1. The fourth-order valence-electron chi connectivity index (χ4n) is 2.51. The van der Waals surface area contributed by atoms with E-state index in [4.69, 9.17) is 0 Å². The van der Waals surface area contributed by atoms with Gasteiger partial charge in [-0.1, -0.05) is 48.0 Å². The van der Waals surface area contributed by atoms with Gasteiger partial charge in [-0.05, 0) is 25.0 Å². The summed E-state index contributed by atoms with van der Waals surface area (Å²) in [6.45, 7) is 3.99. The number of phenolic OH excluding ortho intramolecular Hbond substituents is 1. The molecule has 3 nitrogen and oxygen atoms in total. The van der Waals surface area contributed by atoms with Crippen molar-refractivity contribution >= 4 is 5.71 Å². The van der Waals surface area contributed by atoms with Crippen molar-refractivity contribution in [2.24, 2.45) is 5.10 Å². The molecule has 0 aromatic heterocycles. The molecule has 102 valence electrons. The molecule has 3 rings (SSSR count). The van der Waals surface area contributed by atoms with Crippen LogP contribution in [0.25, 0.3) is 0 Å². The van der Waals surface area contributed by atoms with E-state index in [1.54, 1.807) is 0 Å². The van der Waals surface area contributed by atoms with Crippen molar-refractivity contribution in [1.82, 2.24) is 5.43 Å². The predicted molar refractivity (Wildman–Crippen MR) is 81.1 cm³/mol. The van der Waals surface area contributed by atoms with E-state index in [1.807, 2.05) is 25.1 Å². The Bertz CT molecular complexity index is 659. The Morgan fingerprint density at radius 3 is 2.60 bits per heavy atom. The van der Waals surface area contributed by atoms with E-state index in [0.29, 0.717) is 5.75 Å². The van der Waals surface area contributed by atoms with Crippen LogP contribution < -0.4 is 5.43 Å². The Labute approximate surface area is 119 Å². The van der Waals surface area contributed by atoms with Crippen molar-refractivity contribution in [3.8, 4) is 5.75 Å². The van der Waals surface area contributed by atoms with E-state index in [-0.39, 0.29) is 6.04 Å². The molecule has 1 atom stereocenters. The first-order valence-electron chi connectivity index (χ1n) is 6.83. The molecule has 0 bridgehead atoms. The summed E-state index contributed by atoms with van der Waals surface area (Å²) in [5, 5.41) is 14.6. The van der Waals surface area contributed by atoms with Crippen molar-refractivity contribution in [2.45, 2.75) is 26.3 Å². The lowest BCUT2D eigenvalue weighted by Gasteiger charge is -2.13. The highest BCUT2D eigenvalue weighted by molar-refractivity contribution is 6.01. The van der Waals surface area contributed by atoms with Gasteiger partial charge in [0, 0.05) is 12.0 Å². The lowest BCUT2D eigenvalue weighted by molar-refractivity contribution is 0.451. The number of para-hydroxylation sites is 1. The average Bonchev–Trinajstić information content (AvgIpc) is 2.92. The smallest absolute Gasteiger partial charge is 0.123 e. The maximum atomic E-state index is 10.2. The number of nitrogens with one attached hydrogen (secondary N) is 1. The van der Waals surface area contributed by atoms with Gasteiger partial charge in [-0.25, -0.2) is 0 Å². The number of aromatic hydroxyl groups is 1. The van der Waals surface area contributed by atoms with Crippen molar-refractivity contribution in [2.75, 3.05) is 0 Å². The first-order valence-corrected chi connectivity index (χ1v) is 6.83. The molecule has 2 aromatic rings. The summed E-state index contributed by atoms with van der Waals surface area (Å²) in [5.74, 6) is 0.366. The quantitative estimate of drug-likeness (QED) is 0.874. The van der Waals surface area contributed by atoms with Crippen LogP contribution in [0.4, 0.5) is 0 Å². The Hall–Kier alpha value is -2.29. The van der Waals surface area contributed by atoms with E-state index in [9.17, 15) is 5.11 Å². The zero-order valence-electron chi connectivity index (χ0n) is 11.7. The summed E-state index contributed by atoms with van der Waals surface area (Å²) in [5.41, 5.74) is 8.36. The van der Waals surface area contributed by atoms with Crippen LogP contribution in [0.15, 0.2) is 47.6 Å². The molecule has 0 fully saturated rings. The minimum Gasteiger partial charge on any atom is -0.507 e. The number of aryl methyl sites for hydroxylation is 2. The number of rotatable bonds is 2. The molecule has 0 spiro atoms. The first-order chi connectivity index (χ1) is 9.65. The highest BCUT2D eigenvalue weighted by Gasteiger charge is 2.23. The van der Waals surface area contributed by atoms with Crippen LogP contribution in [0.5, 0.6) is 5.75 Å². The van der Waals surface area contributed by atoms with E-state index < -0.39 is 0 Å². The van der Waals surface area contributed by atoms with Gasteiger partial charge in [0.1, 0.15) is 5.75 Å². The van der Waals surface area contributed by atoms with Crippen LogP contribution in [0.3, 0.4) is 0 Å². The van der Waals surface area contributed by atoms with Gasteiger partial charge in [0.15, 0.2) is 0 Å². The third-order valence-corrected chi connectivity index (χ3v) is 3.78. The van der Waals surface area contributed by atoms with E-state index in [1.165, 1.54) is 5.56 Å². The minimum absolute atomic E-state index is 0.0474. The van der Waals surface area contributed by atoms with Crippen LogP contribution in [-0.4, -0.2) is 10.8 Å². The van der Waals surface area contributed by atoms with Crippen molar-refractivity contribution in [1.29, 1.82) is 0 Å². The summed E-state index contributed by atoms with van der Waals surface area (Å²) in [6.07, 6.45) is 0.792. The van der Waals surface area contributed by atoms with Crippen molar-refractivity contribution in [3.05, 3.63) is 64.7 Å². The van der Waals surface area contributed by atoms with E-state index >= 15 is 0 Å². The fraction of sp³-hybridized carbons (Fsp3) is 0.235. The summed E-state index contributed by atoms with van der Waals surface area (Å²) in [6, 6.07) is 14.2. The third-order valence-electron chi connectivity index (χ3n) is 3.78. The number of hydrogen-bond acceptors (Lipinski definition) is 3. The molecule has 1 aliphatic heterocycles. The Kier molecular flexibility index (Phi) is 3.18. The zero-order chi connectivity index (χ0) is 14.1. The summed E-state index contributed by atoms with van der Waals surface area (Å²) in [7, 11) is 0. The molecule has 3 heteroatoms. The highest BCUT2D eigenvalue weighted by Crippen LogP contribution is 2.32. The van der Waals surface area contributed by atoms with Crippen molar-refractivity contribution < 1.29 is 5.11 Å². The number of benzene rings is 2. The monoisotopic (exact) mass is 266 g/mol. The summed E-state index contributed by atoms with van der Waals surface area (Å²) in [4.78, 5) is 0. The molecule has 0 aliphatic carbocycles. The molecule has 0 saturated carbocycles. The Balaban J connectivity index is 1.82. The van der Waals surface area contributed by atoms with Crippen molar-refractivity contribution in [3.63, 3.8) is 0 Å². The third kappa shape index (κ3) is 2.27. The maximum Gasteiger partial charge on any atom is 0.123 e. The van der Waals surface area contributed by atoms with Crippen LogP contribution in [0.1, 0.15) is 34.7 Å². The lowest BCUT2D eigenvalue weighted by atomic mass is 9.97. The fourth-order valence-corrected chi connectivity index (χ4v) is 2.51. The Morgan fingerprint density at radius 1 is 1.10 bits per heavy atom. The summed E-state index contributed by atoms with van der Waals surface area (Å²) < 4.78 is 0. The topological polar surface area (TPSA) is 44.6 Å². The van der Waals surface area contributed by atoms with Gasteiger partial charge in [0.2, 0.25) is 0 Å². The molecular formula is C17H18N2O. The molecule has 1 unspecified atom stereocenters. The molecule has 2 N–H and O–H groups in total. The highest BCUT2D eigenvalue weighted by atomic mass is 16.3. The largest absolute Gasteiger partial charge is 0.507 e. The standard InChI is InChI=1S/C17H18N2O/c1-11-6-8-13(9-7-11)15-10-16(19-18-15)14-5-3-4-12(2)17(14)20/h3-9,16,19-20H,10H2,1-2H3. The van der Waals surface area contributed by atoms with Gasteiger partial charge in [-0.2, -0.15) is 5.10 Å². The van der Waals surface area contributed by atoms with Gasteiger partial charge in [0.25, 0.3) is 0 Å². The SMILES string of the molecule is Cc1ccc(C2=NNC(c3cccc(C)c3O)C2)cc1. The second-order valence-electron chi connectivity index (χ2n) is 5.32. The molecule has 0 amide bonds. The molecule has 0 saturated heterocycles. The van der Waals surface area contributed by atoms with Gasteiger partial charge in [-0.3, -0.25) is 0 Å². The van der Waals surface area contributed by atoms with Crippen LogP contribution in [0, 0.1) is 13.8 Å². The summed E-state index contributed by atoms with van der Waals surface area (Å²) >= 11 is 0. The van der Waals surface area contributed by atoms with Gasteiger partial charge >= 0.3 is 0 Å².